The van der Waals surface area contributed by atoms with Crippen LogP contribution in [0, 0.1) is 0 Å². The van der Waals surface area contributed by atoms with Gasteiger partial charge in [0.25, 0.3) is 0 Å². The highest BCUT2D eigenvalue weighted by Crippen LogP contribution is 2.28. The fraction of sp³-hybridized carbons (Fsp3) is 0.625. The molecule has 1 heterocycles. The highest BCUT2D eigenvalue weighted by molar-refractivity contribution is 9.10. The minimum atomic E-state index is 0.00813. The molecule has 1 fully saturated rings. The van der Waals surface area contributed by atoms with Gasteiger partial charge in [0.1, 0.15) is 4.60 Å². The van der Waals surface area contributed by atoms with Gasteiger partial charge in [-0.3, -0.25) is 4.57 Å². The number of rotatable bonds is 1. The first-order valence-corrected chi connectivity index (χ1v) is 5.03. The lowest BCUT2D eigenvalue weighted by Gasteiger charge is -2.07. The van der Waals surface area contributed by atoms with Crippen molar-refractivity contribution < 1.29 is 0 Å². The summed E-state index contributed by atoms with van der Waals surface area (Å²) >= 11 is 3.25. The maximum absolute atomic E-state index is 11.3. The number of halogens is 1. The van der Waals surface area contributed by atoms with Crippen molar-refractivity contribution in [2.24, 2.45) is 0 Å². The van der Waals surface area contributed by atoms with Crippen LogP contribution in [0.5, 0.6) is 0 Å². The Morgan fingerprint density at radius 3 is 2.67 bits per heavy atom. The molecule has 2 rings (SSSR count). The first kappa shape index (κ1) is 8.10. The van der Waals surface area contributed by atoms with E-state index in [2.05, 4.69) is 20.9 Å². The van der Waals surface area contributed by atoms with Gasteiger partial charge in [-0.2, -0.15) is 0 Å². The summed E-state index contributed by atoms with van der Waals surface area (Å²) in [5, 5.41) is 0. The molecule has 12 heavy (non-hydrogen) atoms. The van der Waals surface area contributed by atoms with Crippen LogP contribution in [-0.4, -0.2) is 9.55 Å². The maximum atomic E-state index is 11.3. The van der Waals surface area contributed by atoms with Gasteiger partial charge in [0.15, 0.2) is 0 Å². The zero-order chi connectivity index (χ0) is 8.55. The quantitative estimate of drug-likeness (QED) is 0.789. The Bertz CT molecular complexity index is 322. The monoisotopic (exact) mass is 230 g/mol. The molecule has 0 amide bonds. The van der Waals surface area contributed by atoms with Crippen molar-refractivity contribution >= 4 is 15.9 Å². The SMILES string of the molecule is O=c1[nH]c(Br)cn1C1CCCC1. The molecule has 0 atom stereocenters. The normalized spacial score (nSPS) is 18.8. The van der Waals surface area contributed by atoms with Crippen molar-refractivity contribution in [2.45, 2.75) is 31.7 Å². The van der Waals surface area contributed by atoms with Gasteiger partial charge in [0.2, 0.25) is 0 Å². The Morgan fingerprint density at radius 2 is 2.17 bits per heavy atom. The number of nitrogens with one attached hydrogen (secondary N) is 1. The second-order valence-electron chi connectivity index (χ2n) is 3.25. The zero-order valence-electron chi connectivity index (χ0n) is 6.72. The molecular weight excluding hydrogens is 220 g/mol. The van der Waals surface area contributed by atoms with E-state index >= 15 is 0 Å². The van der Waals surface area contributed by atoms with Crippen molar-refractivity contribution in [3.8, 4) is 0 Å². The van der Waals surface area contributed by atoms with Gasteiger partial charge in [-0.15, -0.1) is 0 Å². The van der Waals surface area contributed by atoms with Crippen LogP contribution in [0.15, 0.2) is 15.6 Å². The van der Waals surface area contributed by atoms with E-state index in [1.54, 1.807) is 4.57 Å². The molecule has 0 aliphatic heterocycles. The topological polar surface area (TPSA) is 37.8 Å². The van der Waals surface area contributed by atoms with E-state index in [0.29, 0.717) is 6.04 Å². The summed E-state index contributed by atoms with van der Waals surface area (Å²) in [7, 11) is 0. The summed E-state index contributed by atoms with van der Waals surface area (Å²) in [6, 6.07) is 0.431. The van der Waals surface area contributed by atoms with E-state index in [4.69, 9.17) is 0 Å². The minimum Gasteiger partial charge on any atom is -0.300 e. The number of nitrogens with zero attached hydrogens (tertiary/aromatic N) is 1. The predicted molar refractivity (Wildman–Crippen MR) is 50.3 cm³/mol. The highest BCUT2D eigenvalue weighted by atomic mass is 79.9. The van der Waals surface area contributed by atoms with Crippen LogP contribution in [0.1, 0.15) is 31.7 Å². The Labute approximate surface area is 78.9 Å². The third kappa shape index (κ3) is 1.35. The van der Waals surface area contributed by atoms with Crippen LogP contribution in [0.4, 0.5) is 0 Å². The molecule has 0 spiro atoms. The fourth-order valence-electron chi connectivity index (χ4n) is 1.83. The second kappa shape index (κ2) is 3.09. The smallest absolute Gasteiger partial charge is 0.300 e. The Kier molecular flexibility index (Phi) is 2.09. The lowest BCUT2D eigenvalue weighted by atomic mass is 10.2. The standard InChI is InChI=1S/C8H11BrN2O/c9-7-5-11(8(12)10-7)6-3-1-2-4-6/h5-6H,1-4H2,(H,10,12). The van der Waals surface area contributed by atoms with Crippen molar-refractivity contribution in [1.82, 2.24) is 9.55 Å². The van der Waals surface area contributed by atoms with Gasteiger partial charge in [-0.05, 0) is 28.8 Å². The molecule has 66 valence electrons. The maximum Gasteiger partial charge on any atom is 0.326 e. The van der Waals surface area contributed by atoms with E-state index in [1.807, 2.05) is 6.20 Å². The molecule has 1 aliphatic carbocycles. The highest BCUT2D eigenvalue weighted by Gasteiger charge is 2.18. The van der Waals surface area contributed by atoms with Crippen LogP contribution in [0.3, 0.4) is 0 Å². The Morgan fingerprint density at radius 1 is 1.50 bits per heavy atom. The molecule has 0 bridgehead atoms. The van der Waals surface area contributed by atoms with Gasteiger partial charge >= 0.3 is 5.69 Å². The van der Waals surface area contributed by atoms with Crippen molar-refractivity contribution in [3.63, 3.8) is 0 Å². The van der Waals surface area contributed by atoms with Crippen molar-refractivity contribution in [1.29, 1.82) is 0 Å². The van der Waals surface area contributed by atoms with Crippen LogP contribution in [-0.2, 0) is 0 Å². The molecule has 0 saturated heterocycles. The number of hydrogen-bond donors (Lipinski definition) is 1. The van der Waals surface area contributed by atoms with Gasteiger partial charge in [0.05, 0.1) is 0 Å². The lowest BCUT2D eigenvalue weighted by Crippen LogP contribution is -2.19. The second-order valence-corrected chi connectivity index (χ2v) is 4.11. The first-order chi connectivity index (χ1) is 5.77. The molecule has 1 N–H and O–H groups in total. The predicted octanol–water partition coefficient (Wildman–Crippen LogP) is 2.05. The lowest BCUT2D eigenvalue weighted by molar-refractivity contribution is 0.504. The van der Waals surface area contributed by atoms with Crippen LogP contribution < -0.4 is 5.69 Å². The van der Waals surface area contributed by atoms with E-state index in [-0.39, 0.29) is 5.69 Å². The van der Waals surface area contributed by atoms with E-state index in [0.717, 1.165) is 17.4 Å². The first-order valence-electron chi connectivity index (χ1n) is 4.24. The molecule has 3 nitrogen and oxygen atoms in total. The molecule has 4 heteroatoms. The number of hydrogen-bond acceptors (Lipinski definition) is 1. The summed E-state index contributed by atoms with van der Waals surface area (Å²) in [4.78, 5) is 14.0. The average Bonchev–Trinajstić information content (AvgIpc) is 2.58. The average molecular weight is 231 g/mol. The van der Waals surface area contributed by atoms with Crippen LogP contribution in [0.2, 0.25) is 0 Å². The van der Waals surface area contributed by atoms with Crippen LogP contribution >= 0.6 is 15.9 Å². The molecule has 1 aromatic rings. The van der Waals surface area contributed by atoms with E-state index < -0.39 is 0 Å². The van der Waals surface area contributed by atoms with Gasteiger partial charge in [0, 0.05) is 12.2 Å². The molecule has 0 aromatic carbocycles. The van der Waals surface area contributed by atoms with Crippen molar-refractivity contribution in [3.05, 3.63) is 21.3 Å². The van der Waals surface area contributed by atoms with Crippen molar-refractivity contribution in [2.75, 3.05) is 0 Å². The third-order valence-electron chi connectivity index (χ3n) is 2.43. The summed E-state index contributed by atoms with van der Waals surface area (Å²) in [6.07, 6.45) is 6.63. The molecule has 0 radical (unpaired) electrons. The van der Waals surface area contributed by atoms with Crippen LogP contribution in [0.25, 0.3) is 0 Å². The molecule has 0 unspecified atom stereocenters. The number of aromatic nitrogens is 2. The van der Waals surface area contributed by atoms with E-state index in [1.165, 1.54) is 12.8 Å². The molecule has 1 aromatic heterocycles. The Balaban J connectivity index is 2.32. The van der Waals surface area contributed by atoms with Gasteiger partial charge in [-0.1, -0.05) is 12.8 Å². The third-order valence-corrected chi connectivity index (χ3v) is 2.83. The number of H-pyrrole nitrogens is 1. The summed E-state index contributed by atoms with van der Waals surface area (Å²) < 4.78 is 2.58. The minimum absolute atomic E-state index is 0.00813. The number of aromatic amines is 1. The van der Waals surface area contributed by atoms with Gasteiger partial charge < -0.3 is 4.98 Å². The molecule has 1 aliphatic rings. The zero-order valence-corrected chi connectivity index (χ0v) is 8.30. The molecular formula is C8H11BrN2O. The summed E-state index contributed by atoms with van der Waals surface area (Å²) in [5.74, 6) is 0. The number of imidazole rings is 1. The van der Waals surface area contributed by atoms with E-state index in [9.17, 15) is 4.79 Å². The molecule has 1 saturated carbocycles. The fourth-order valence-corrected chi connectivity index (χ4v) is 2.22. The van der Waals surface area contributed by atoms with Gasteiger partial charge in [-0.25, -0.2) is 4.79 Å². The summed E-state index contributed by atoms with van der Waals surface area (Å²) in [5.41, 5.74) is 0.00813. The summed E-state index contributed by atoms with van der Waals surface area (Å²) in [6.45, 7) is 0. The largest absolute Gasteiger partial charge is 0.326 e. The Hall–Kier alpha value is -0.510.